The lowest BCUT2D eigenvalue weighted by Crippen LogP contribution is -2.56. The molecule has 2 aliphatic rings. The van der Waals surface area contributed by atoms with E-state index < -0.39 is 0 Å². The first-order valence-corrected chi connectivity index (χ1v) is 10.3. The van der Waals surface area contributed by atoms with Crippen molar-refractivity contribution in [2.24, 2.45) is 5.92 Å². The summed E-state index contributed by atoms with van der Waals surface area (Å²) in [5.41, 5.74) is 1.39. The van der Waals surface area contributed by atoms with Crippen molar-refractivity contribution in [3.05, 3.63) is 59.5 Å². The molecule has 1 saturated carbocycles. The SMILES string of the molecule is C[C@H](NC1(CNCc2ccc([C@@H]3C[C@@H]3C)o2)CCOCC1)c1ccccc1. The van der Waals surface area contributed by atoms with Crippen molar-refractivity contribution in [2.75, 3.05) is 19.8 Å². The van der Waals surface area contributed by atoms with E-state index in [1.807, 2.05) is 0 Å². The first-order valence-electron chi connectivity index (χ1n) is 10.3. The van der Waals surface area contributed by atoms with Gasteiger partial charge in [-0.1, -0.05) is 37.3 Å². The number of benzene rings is 1. The summed E-state index contributed by atoms with van der Waals surface area (Å²) in [6.45, 7) is 7.89. The van der Waals surface area contributed by atoms with Gasteiger partial charge in [0.15, 0.2) is 0 Å². The average molecular weight is 369 g/mol. The predicted octanol–water partition coefficient (Wildman–Crippen LogP) is 4.39. The highest BCUT2D eigenvalue weighted by atomic mass is 16.5. The molecule has 0 radical (unpaired) electrons. The maximum absolute atomic E-state index is 6.04. The van der Waals surface area contributed by atoms with Gasteiger partial charge in [-0.15, -0.1) is 0 Å². The number of furan rings is 1. The normalized spacial score (nSPS) is 25.3. The lowest BCUT2D eigenvalue weighted by atomic mass is 9.88. The third-order valence-corrected chi connectivity index (χ3v) is 6.19. The van der Waals surface area contributed by atoms with E-state index in [4.69, 9.17) is 9.15 Å². The summed E-state index contributed by atoms with van der Waals surface area (Å²) in [5, 5.41) is 7.54. The summed E-state index contributed by atoms with van der Waals surface area (Å²) in [6, 6.07) is 15.3. The Morgan fingerprint density at radius 3 is 2.56 bits per heavy atom. The molecule has 0 unspecified atom stereocenters. The fraction of sp³-hybridized carbons (Fsp3) is 0.565. The Morgan fingerprint density at radius 2 is 1.85 bits per heavy atom. The molecule has 3 atom stereocenters. The molecule has 4 nitrogen and oxygen atoms in total. The van der Waals surface area contributed by atoms with Gasteiger partial charge < -0.3 is 19.8 Å². The molecule has 4 rings (SSSR count). The molecule has 0 bridgehead atoms. The zero-order valence-corrected chi connectivity index (χ0v) is 16.5. The van der Waals surface area contributed by atoms with Gasteiger partial charge in [-0.25, -0.2) is 0 Å². The second kappa shape index (κ2) is 8.17. The highest BCUT2D eigenvalue weighted by Gasteiger charge is 2.37. The molecular weight excluding hydrogens is 336 g/mol. The minimum Gasteiger partial charge on any atom is -0.464 e. The maximum atomic E-state index is 6.04. The minimum atomic E-state index is 0.0634. The van der Waals surface area contributed by atoms with Gasteiger partial charge in [0, 0.05) is 37.3 Å². The van der Waals surface area contributed by atoms with Crippen LogP contribution in [0.1, 0.15) is 62.2 Å². The third-order valence-electron chi connectivity index (χ3n) is 6.19. The van der Waals surface area contributed by atoms with Crippen LogP contribution in [0.3, 0.4) is 0 Å². The molecule has 1 aliphatic carbocycles. The van der Waals surface area contributed by atoms with E-state index in [2.05, 4.69) is 66.9 Å². The summed E-state index contributed by atoms with van der Waals surface area (Å²) >= 11 is 0. The van der Waals surface area contributed by atoms with Crippen LogP contribution in [0.2, 0.25) is 0 Å². The Bertz CT molecular complexity index is 721. The Morgan fingerprint density at radius 1 is 1.11 bits per heavy atom. The molecule has 2 N–H and O–H groups in total. The van der Waals surface area contributed by atoms with Crippen LogP contribution in [0, 0.1) is 5.92 Å². The molecule has 0 spiro atoms. The van der Waals surface area contributed by atoms with Gasteiger partial charge in [-0.3, -0.25) is 0 Å². The fourth-order valence-corrected chi connectivity index (χ4v) is 4.25. The van der Waals surface area contributed by atoms with E-state index in [9.17, 15) is 0 Å². The lowest BCUT2D eigenvalue weighted by Gasteiger charge is -2.40. The second-order valence-corrected chi connectivity index (χ2v) is 8.40. The first-order chi connectivity index (χ1) is 13.2. The third kappa shape index (κ3) is 4.63. The molecule has 1 aromatic carbocycles. The van der Waals surface area contributed by atoms with Crippen molar-refractivity contribution < 1.29 is 9.15 Å². The van der Waals surface area contributed by atoms with Crippen molar-refractivity contribution in [2.45, 2.75) is 57.2 Å². The molecule has 2 aromatic rings. The van der Waals surface area contributed by atoms with E-state index in [-0.39, 0.29) is 5.54 Å². The Balaban J connectivity index is 1.34. The highest BCUT2D eigenvalue weighted by Crippen LogP contribution is 2.47. The highest BCUT2D eigenvalue weighted by molar-refractivity contribution is 5.19. The number of nitrogens with one attached hydrogen (secondary N) is 2. The largest absolute Gasteiger partial charge is 0.464 e. The standard InChI is InChI=1S/C23H32N2O2/c1-17-14-21(17)22-9-8-20(27-22)15-24-16-23(10-12-26-13-11-23)25-18(2)19-6-4-3-5-7-19/h3-9,17-18,21,24-25H,10-16H2,1-2H3/t17-,18-,21+/m0/s1. The molecule has 27 heavy (non-hydrogen) atoms. The van der Waals surface area contributed by atoms with Gasteiger partial charge in [0.25, 0.3) is 0 Å². The van der Waals surface area contributed by atoms with Crippen LogP contribution >= 0.6 is 0 Å². The van der Waals surface area contributed by atoms with E-state index in [1.54, 1.807) is 0 Å². The van der Waals surface area contributed by atoms with Gasteiger partial charge in [-0.05, 0) is 49.8 Å². The Hall–Kier alpha value is -1.62. The van der Waals surface area contributed by atoms with Crippen molar-refractivity contribution in [1.82, 2.24) is 10.6 Å². The summed E-state index contributed by atoms with van der Waals surface area (Å²) in [6.07, 6.45) is 3.32. The number of hydrogen-bond acceptors (Lipinski definition) is 4. The fourth-order valence-electron chi connectivity index (χ4n) is 4.25. The lowest BCUT2D eigenvalue weighted by molar-refractivity contribution is 0.0335. The van der Waals surface area contributed by atoms with Crippen molar-refractivity contribution in [3.63, 3.8) is 0 Å². The van der Waals surface area contributed by atoms with Gasteiger partial charge in [0.05, 0.1) is 6.54 Å². The summed E-state index contributed by atoms with van der Waals surface area (Å²) in [5.74, 6) is 3.64. The average Bonchev–Trinajstić information content (AvgIpc) is 3.24. The molecule has 146 valence electrons. The van der Waals surface area contributed by atoms with Crippen molar-refractivity contribution in [1.29, 1.82) is 0 Å². The van der Waals surface area contributed by atoms with Gasteiger partial charge >= 0.3 is 0 Å². The van der Waals surface area contributed by atoms with E-state index >= 15 is 0 Å². The summed E-state index contributed by atoms with van der Waals surface area (Å²) < 4.78 is 11.7. The first kappa shape index (κ1) is 18.7. The number of rotatable bonds is 8. The molecule has 4 heteroatoms. The number of hydrogen-bond donors (Lipinski definition) is 2. The van der Waals surface area contributed by atoms with Gasteiger partial charge in [0.2, 0.25) is 0 Å². The summed E-state index contributed by atoms with van der Waals surface area (Å²) in [7, 11) is 0. The van der Waals surface area contributed by atoms with Gasteiger partial charge in [-0.2, -0.15) is 0 Å². The molecule has 1 saturated heterocycles. The molecule has 1 aliphatic heterocycles. The Labute approximate surface area is 162 Å². The molecule has 2 fully saturated rings. The number of ether oxygens (including phenoxy) is 1. The van der Waals surface area contributed by atoms with Crippen LogP contribution in [-0.2, 0) is 11.3 Å². The minimum absolute atomic E-state index is 0.0634. The van der Waals surface area contributed by atoms with E-state index in [1.165, 1.54) is 12.0 Å². The van der Waals surface area contributed by atoms with Crippen molar-refractivity contribution in [3.8, 4) is 0 Å². The quantitative estimate of drug-likeness (QED) is 0.725. The van der Waals surface area contributed by atoms with Crippen LogP contribution < -0.4 is 10.6 Å². The van der Waals surface area contributed by atoms with Crippen molar-refractivity contribution >= 4 is 0 Å². The Kier molecular flexibility index (Phi) is 5.67. The van der Waals surface area contributed by atoms with E-state index in [0.29, 0.717) is 12.0 Å². The molecule has 1 aromatic heterocycles. The maximum Gasteiger partial charge on any atom is 0.117 e. The second-order valence-electron chi connectivity index (χ2n) is 8.40. The molecular formula is C23H32N2O2. The zero-order valence-electron chi connectivity index (χ0n) is 16.5. The van der Waals surface area contributed by atoms with Gasteiger partial charge in [0.1, 0.15) is 11.5 Å². The van der Waals surface area contributed by atoms with Crippen LogP contribution in [0.4, 0.5) is 0 Å². The van der Waals surface area contributed by atoms with Crippen LogP contribution in [0.25, 0.3) is 0 Å². The zero-order chi connectivity index (χ0) is 18.7. The predicted molar refractivity (Wildman–Crippen MR) is 108 cm³/mol. The smallest absolute Gasteiger partial charge is 0.117 e. The topological polar surface area (TPSA) is 46.4 Å². The van der Waals surface area contributed by atoms with Crippen LogP contribution in [0.15, 0.2) is 46.9 Å². The van der Waals surface area contributed by atoms with E-state index in [0.717, 1.165) is 56.6 Å². The monoisotopic (exact) mass is 368 g/mol. The van der Waals surface area contributed by atoms with Crippen LogP contribution in [0.5, 0.6) is 0 Å². The molecule has 2 heterocycles. The molecule has 0 amide bonds. The van der Waals surface area contributed by atoms with Crippen LogP contribution in [-0.4, -0.2) is 25.3 Å². The summed E-state index contributed by atoms with van der Waals surface area (Å²) in [4.78, 5) is 0.